The second-order valence-electron chi connectivity index (χ2n) is 27.3. The number of hydrogen-bond donors (Lipinski definition) is 8. The van der Waals surface area contributed by atoms with Gasteiger partial charge in [-0.2, -0.15) is 16.8 Å². The van der Waals surface area contributed by atoms with E-state index in [9.17, 15) is 72.7 Å². The fraction of sp³-hybridized carbons (Fsp3) is 0.606. The highest BCUT2D eigenvalue weighted by Crippen LogP contribution is 2.37. The molecule has 0 aromatic heterocycles. The van der Waals surface area contributed by atoms with E-state index in [1.807, 2.05) is 60.7 Å². The standard InChI is InChI=1S/C19H26N4O7S.C18H23N3O6.C13H20N2O2.C11H18N4O6S.C5H8N2O4S/c1-29-15-4-2-13(3-5-15)10-21-8-9-30-12-14(11-21)20-19(25)22-7-6-16-17(22)18(24)23(16)31(26,27)28;1-25-15-4-2-13(3-5-15)10-20-8-9-26-12-14(11-20)19-18(24)27-21-16(22)6-7-17(21)23;1-16-13-4-2-11(3-5-13)8-15-6-7-17-10-12(14)9-15;16-10-9-8(15(10)22(18,19)20)1-3-14(9)11(17)13-7-5-12-2-4-21-6-7;8-5-4-3(1-2-6-4)7(5)12(9,10)11/h2-5,14,16-17H,6-12H2,1H3,(H,20,25)(H,26,27,28);2-5,14H,6-12H2,1H3,(H,19,24);2-5,12H,6-10,14H2,1H3;7-9,12H,1-6H2,(H,13,17)(H,18,19,20);3-4,6H,1-2H2,(H,9,10,11)/t14-,16-,17+;14-;12-;7-,8-,9+;3-,4+/m11111/s1. The Morgan fingerprint density at radius 1 is 0.541 bits per heavy atom. The minimum atomic E-state index is -4.60. The molecule has 10 N–H and O–H groups in total. The Balaban J connectivity index is 0.000000150. The maximum Gasteiger partial charge on any atom is 0.432 e. The molecule has 0 aliphatic carbocycles. The van der Waals surface area contributed by atoms with Gasteiger partial charge in [0.1, 0.15) is 35.4 Å². The first-order chi connectivity index (χ1) is 52.0. The topological polar surface area (TPSA) is 496 Å². The van der Waals surface area contributed by atoms with Crippen LogP contribution in [0.15, 0.2) is 72.8 Å². The minimum absolute atomic E-state index is 0.0638. The zero-order valence-electron chi connectivity index (χ0n) is 60.5. The van der Waals surface area contributed by atoms with Gasteiger partial charge >= 0.3 is 38.8 Å². The van der Waals surface area contributed by atoms with Crippen molar-refractivity contribution in [2.24, 2.45) is 5.73 Å². The molecule has 602 valence electrons. The lowest BCUT2D eigenvalue weighted by molar-refractivity contribution is -0.664. The van der Waals surface area contributed by atoms with Gasteiger partial charge in [0.25, 0.3) is 29.5 Å². The molecule has 0 bridgehead atoms. The monoisotopic (exact) mass is 1590 g/mol. The van der Waals surface area contributed by atoms with E-state index in [1.165, 1.54) is 15.4 Å². The number of quaternary nitrogens is 1. The van der Waals surface area contributed by atoms with Gasteiger partial charge in [0.2, 0.25) is 0 Å². The van der Waals surface area contributed by atoms with E-state index in [1.54, 1.807) is 26.6 Å². The molecule has 3 aromatic rings. The number of carbonyl (C=O) groups is 8. The number of rotatable bonds is 16. The summed E-state index contributed by atoms with van der Waals surface area (Å²) in [7, 11) is -8.79. The highest BCUT2D eigenvalue weighted by Gasteiger charge is 2.62. The van der Waals surface area contributed by atoms with E-state index in [2.05, 4.69) is 48.1 Å². The van der Waals surface area contributed by atoms with E-state index in [0.717, 1.165) is 61.2 Å². The summed E-state index contributed by atoms with van der Waals surface area (Å²) in [5.74, 6) is -0.644. The van der Waals surface area contributed by atoms with Gasteiger partial charge in [-0.1, -0.05) is 36.4 Å². The van der Waals surface area contributed by atoms with Gasteiger partial charge < -0.3 is 84.7 Å². The third-order valence-electron chi connectivity index (χ3n) is 19.7. The summed E-state index contributed by atoms with van der Waals surface area (Å²) in [5.41, 5.74) is 9.44. The Kier molecular flexibility index (Phi) is 28.7. The van der Waals surface area contributed by atoms with Gasteiger partial charge in [0.05, 0.1) is 111 Å². The van der Waals surface area contributed by atoms with Crippen molar-refractivity contribution in [3.05, 3.63) is 89.5 Å². The number of ether oxygens (including phenoxy) is 7. The van der Waals surface area contributed by atoms with Crippen LogP contribution in [0.4, 0.5) is 14.4 Å². The van der Waals surface area contributed by atoms with E-state index < -0.39 is 103 Å². The summed E-state index contributed by atoms with van der Waals surface area (Å²) in [5, 5.41) is 13.8. The summed E-state index contributed by atoms with van der Waals surface area (Å²) >= 11 is 0. The van der Waals surface area contributed by atoms with Crippen molar-refractivity contribution in [1.82, 2.24) is 63.7 Å². The van der Waals surface area contributed by atoms with Crippen LogP contribution in [-0.2, 0) is 98.3 Å². The molecule has 11 aliphatic rings. The number of nitrogens with zero attached hydrogens (tertiary/aromatic N) is 9. The number of nitrogens with two attached hydrogens (primary N) is 2. The summed E-state index contributed by atoms with van der Waals surface area (Å²) in [6, 6.07) is 18.5. The van der Waals surface area contributed by atoms with Crippen LogP contribution in [0.3, 0.4) is 0 Å². The normalized spacial score (nSPS) is 26.6. The van der Waals surface area contributed by atoms with Crippen molar-refractivity contribution in [2.75, 3.05) is 146 Å². The maximum atomic E-state index is 12.8. The van der Waals surface area contributed by atoms with Crippen molar-refractivity contribution in [3.63, 3.8) is 0 Å². The Bertz CT molecular complexity index is 4010. The lowest BCUT2D eigenvalue weighted by Gasteiger charge is -2.42. The van der Waals surface area contributed by atoms with Crippen LogP contribution in [0.1, 0.15) is 48.8 Å². The molecular weight excluding hydrogens is 1500 g/mol. The van der Waals surface area contributed by atoms with Crippen LogP contribution in [0, 0.1) is 0 Å². The first-order valence-corrected chi connectivity index (χ1v) is 39.7. The largest absolute Gasteiger partial charge is 0.731 e. The average Bonchev–Trinajstić information content (AvgIpc) is 1.64. The molecule has 0 spiro atoms. The van der Waals surface area contributed by atoms with Gasteiger partial charge in [0, 0.05) is 110 Å². The maximum absolute atomic E-state index is 12.8. The van der Waals surface area contributed by atoms with Crippen LogP contribution in [0.25, 0.3) is 0 Å². The molecule has 10 amide bonds. The molecule has 43 heteroatoms. The second kappa shape index (κ2) is 37.6. The molecule has 11 heterocycles. The Labute approximate surface area is 630 Å². The first-order valence-electron chi connectivity index (χ1n) is 35.6. The quantitative estimate of drug-likeness (QED) is 0.0385. The number of urea groups is 2. The summed E-state index contributed by atoms with van der Waals surface area (Å²) in [6.07, 6.45) is 0.510. The zero-order chi connectivity index (χ0) is 78.3. The minimum Gasteiger partial charge on any atom is -0.731 e. The van der Waals surface area contributed by atoms with Crippen LogP contribution in [0.5, 0.6) is 17.2 Å². The number of imide groups is 1. The van der Waals surface area contributed by atoms with E-state index in [-0.39, 0.29) is 62.2 Å². The van der Waals surface area contributed by atoms with Gasteiger partial charge in [0.15, 0.2) is 16.3 Å². The number of carbonyl (C=O) groups excluding carboxylic acids is 8. The SMILES string of the molecule is COc1ccc(CN2CCOC[C@H](N)C2)cc1.COc1ccc(CN2CCOC[C@H](NC(=O)N3CC[C@@H]4[C@H]3C(=O)N4S(=O)(=O)O)C2)cc1.COc1ccc(CN2CCOC[C@H](NC(=O)ON3C(=O)CCC3=O)C2)cc1.O=C(N[C@@H]1CNCCOC1)N1CC[C@@H]2[C@H]1C(=O)N2S(=O)(=O)O.O=C1[C@H]2[NH2+]CC[C@H]2N1S(=O)(=O)[O-]. The number of amides is 10. The lowest BCUT2D eigenvalue weighted by atomic mass is 10.0. The fourth-order valence-electron chi connectivity index (χ4n) is 14.4. The number of hydroxylamine groups is 2. The predicted octanol–water partition coefficient (Wildman–Crippen LogP) is -4.00. The van der Waals surface area contributed by atoms with Crippen molar-refractivity contribution in [2.45, 2.75) is 112 Å². The van der Waals surface area contributed by atoms with Crippen molar-refractivity contribution in [1.29, 1.82) is 0 Å². The van der Waals surface area contributed by atoms with Gasteiger partial charge in [-0.15, -0.1) is 5.06 Å². The molecule has 11 saturated heterocycles. The average molecular weight is 1590 g/mol. The molecule has 3 aromatic carbocycles. The number of fused-ring (bicyclic) bond motifs is 3. The summed E-state index contributed by atoms with van der Waals surface area (Å²) in [4.78, 5) is 109. The van der Waals surface area contributed by atoms with Gasteiger partial charge in [-0.3, -0.25) is 47.8 Å². The number of β-lactam (4-membered cyclic amide) rings is 3. The number of methoxy groups -OCH3 is 3. The smallest absolute Gasteiger partial charge is 0.432 e. The van der Waals surface area contributed by atoms with Crippen molar-refractivity contribution < 1.29 is 121 Å². The first kappa shape index (κ1) is 83.2. The Morgan fingerprint density at radius 2 is 0.954 bits per heavy atom. The van der Waals surface area contributed by atoms with Crippen molar-refractivity contribution in [3.8, 4) is 17.2 Å². The Hall–Kier alpha value is -8.25. The van der Waals surface area contributed by atoms with E-state index in [4.69, 9.17) is 48.3 Å². The van der Waals surface area contributed by atoms with E-state index in [0.29, 0.717) is 136 Å². The van der Waals surface area contributed by atoms with Gasteiger partial charge in [-0.05, 0) is 65.9 Å². The lowest BCUT2D eigenvalue weighted by Crippen LogP contribution is -2.95. The second-order valence-corrected chi connectivity index (χ2v) is 31.1. The number of likely N-dealkylation sites (tertiary alicyclic amines) is 2. The van der Waals surface area contributed by atoms with Crippen molar-refractivity contribution >= 4 is 78.6 Å². The molecule has 0 saturated carbocycles. The van der Waals surface area contributed by atoms with Crippen LogP contribution >= 0.6 is 0 Å². The third kappa shape index (κ3) is 21.9. The highest BCUT2D eigenvalue weighted by atomic mass is 32.2. The molecule has 0 unspecified atom stereocenters. The Morgan fingerprint density at radius 3 is 1.39 bits per heavy atom. The van der Waals surface area contributed by atoms with Crippen LogP contribution in [-0.4, -0.2) is 336 Å². The number of benzene rings is 3. The summed E-state index contributed by atoms with van der Waals surface area (Å²) in [6.45, 7) is 13.4. The molecule has 11 fully saturated rings. The molecule has 10 atom stereocenters. The molecule has 0 radical (unpaired) electrons. The van der Waals surface area contributed by atoms with Gasteiger partial charge in [-0.25, -0.2) is 35.7 Å². The molecule has 109 heavy (non-hydrogen) atoms. The number of hydrogen-bond acceptors (Lipinski definition) is 28. The molecular formula is C66H95N15O25S3. The number of nitrogens with one attached hydrogen (secondary N) is 4. The van der Waals surface area contributed by atoms with Crippen LogP contribution < -0.4 is 46.5 Å². The predicted molar refractivity (Wildman–Crippen MR) is 378 cm³/mol. The van der Waals surface area contributed by atoms with Crippen LogP contribution in [0.2, 0.25) is 0 Å². The molecule has 40 nitrogen and oxygen atoms in total. The molecule has 11 aliphatic heterocycles. The third-order valence-corrected chi connectivity index (χ3v) is 22.5. The fourth-order valence-corrected chi connectivity index (χ4v) is 17.1. The zero-order valence-corrected chi connectivity index (χ0v) is 62.9. The van der Waals surface area contributed by atoms with E-state index >= 15 is 0 Å². The highest BCUT2D eigenvalue weighted by molar-refractivity contribution is 7.84. The summed E-state index contributed by atoms with van der Waals surface area (Å²) < 4.78 is 133. The molecule has 14 rings (SSSR count).